The second kappa shape index (κ2) is 3.82. The van der Waals surface area contributed by atoms with E-state index in [2.05, 4.69) is 4.98 Å². The Hall–Kier alpha value is -0.673. The van der Waals surface area contributed by atoms with E-state index in [0.29, 0.717) is 0 Å². The molecule has 3 heteroatoms. The van der Waals surface area contributed by atoms with Crippen LogP contribution in [0, 0.1) is 0 Å². The standard InChI is InChI=1S/C9H15NOSi/c1-12(2,11)8-5-9-3-6-10-7-4-9/h3-4,6-7,11H,5,8H2,1-2H3. The average Bonchev–Trinajstić information content (AvgIpc) is 2.02. The molecule has 0 radical (unpaired) electrons. The van der Waals surface area contributed by atoms with Crippen molar-refractivity contribution in [3.63, 3.8) is 0 Å². The monoisotopic (exact) mass is 181 g/mol. The van der Waals surface area contributed by atoms with Crippen LogP contribution in [0.5, 0.6) is 0 Å². The molecule has 0 aliphatic heterocycles. The first-order valence-corrected chi connectivity index (χ1v) is 7.35. The Morgan fingerprint density at radius 2 is 1.92 bits per heavy atom. The van der Waals surface area contributed by atoms with Crippen molar-refractivity contribution in [1.82, 2.24) is 4.98 Å². The van der Waals surface area contributed by atoms with E-state index in [4.69, 9.17) is 0 Å². The van der Waals surface area contributed by atoms with E-state index in [1.807, 2.05) is 25.2 Å². The number of pyridine rings is 1. The van der Waals surface area contributed by atoms with Crippen LogP contribution in [0.2, 0.25) is 19.1 Å². The van der Waals surface area contributed by atoms with Gasteiger partial charge in [-0.15, -0.1) is 0 Å². The largest absolute Gasteiger partial charge is 0.432 e. The van der Waals surface area contributed by atoms with E-state index in [-0.39, 0.29) is 0 Å². The molecular weight excluding hydrogens is 166 g/mol. The molecule has 0 bridgehead atoms. The summed E-state index contributed by atoms with van der Waals surface area (Å²) in [6, 6.07) is 4.93. The van der Waals surface area contributed by atoms with Crippen molar-refractivity contribution in [3.8, 4) is 0 Å². The fraction of sp³-hybridized carbons (Fsp3) is 0.444. The first-order valence-electron chi connectivity index (χ1n) is 4.19. The van der Waals surface area contributed by atoms with Crippen molar-refractivity contribution in [3.05, 3.63) is 30.1 Å². The topological polar surface area (TPSA) is 33.1 Å². The highest BCUT2D eigenvalue weighted by Crippen LogP contribution is 2.10. The van der Waals surface area contributed by atoms with Crippen molar-refractivity contribution in [1.29, 1.82) is 0 Å². The van der Waals surface area contributed by atoms with Crippen LogP contribution in [-0.4, -0.2) is 18.1 Å². The number of aromatic nitrogens is 1. The van der Waals surface area contributed by atoms with Gasteiger partial charge in [0.05, 0.1) is 0 Å². The molecule has 1 aromatic rings. The van der Waals surface area contributed by atoms with Crippen LogP contribution in [0.15, 0.2) is 24.5 Å². The Morgan fingerprint density at radius 3 is 2.42 bits per heavy atom. The number of hydrogen-bond acceptors (Lipinski definition) is 2. The van der Waals surface area contributed by atoms with Gasteiger partial charge in [-0.05, 0) is 43.3 Å². The molecule has 0 saturated carbocycles. The van der Waals surface area contributed by atoms with Gasteiger partial charge >= 0.3 is 0 Å². The van der Waals surface area contributed by atoms with Crippen molar-refractivity contribution >= 4 is 8.32 Å². The van der Waals surface area contributed by atoms with Gasteiger partial charge in [0.25, 0.3) is 0 Å². The average molecular weight is 181 g/mol. The molecule has 0 spiro atoms. The van der Waals surface area contributed by atoms with Crippen LogP contribution in [0.25, 0.3) is 0 Å². The lowest BCUT2D eigenvalue weighted by Gasteiger charge is -2.12. The molecule has 0 aliphatic carbocycles. The van der Waals surface area contributed by atoms with Gasteiger partial charge in [0.2, 0.25) is 0 Å². The Labute approximate surface area is 74.4 Å². The first-order chi connectivity index (χ1) is 5.58. The van der Waals surface area contributed by atoms with E-state index >= 15 is 0 Å². The maximum Gasteiger partial charge on any atom is 0.182 e. The van der Waals surface area contributed by atoms with Gasteiger partial charge in [0, 0.05) is 12.4 Å². The lowest BCUT2D eigenvalue weighted by Crippen LogP contribution is -2.25. The molecule has 1 heterocycles. The predicted octanol–water partition coefficient (Wildman–Crippen LogP) is 1.82. The zero-order chi connectivity index (χ0) is 9.03. The molecule has 0 atom stereocenters. The summed E-state index contributed by atoms with van der Waals surface area (Å²) in [5.41, 5.74) is 1.26. The van der Waals surface area contributed by atoms with Gasteiger partial charge in [-0.3, -0.25) is 4.98 Å². The highest BCUT2D eigenvalue weighted by Gasteiger charge is 2.15. The lowest BCUT2D eigenvalue weighted by molar-refractivity contribution is 0.547. The van der Waals surface area contributed by atoms with Crippen LogP contribution in [-0.2, 0) is 6.42 Å². The molecule has 2 nitrogen and oxygen atoms in total. The van der Waals surface area contributed by atoms with Gasteiger partial charge in [0.1, 0.15) is 0 Å². The van der Waals surface area contributed by atoms with Crippen molar-refractivity contribution in [2.45, 2.75) is 25.6 Å². The predicted molar refractivity (Wildman–Crippen MR) is 52.4 cm³/mol. The van der Waals surface area contributed by atoms with Gasteiger partial charge in [0.15, 0.2) is 8.32 Å². The zero-order valence-corrected chi connectivity index (χ0v) is 8.62. The Balaban J connectivity index is 2.44. The second-order valence-electron chi connectivity index (χ2n) is 3.67. The third kappa shape index (κ3) is 3.64. The van der Waals surface area contributed by atoms with Crippen molar-refractivity contribution in [2.75, 3.05) is 0 Å². The zero-order valence-electron chi connectivity index (χ0n) is 7.62. The Bertz CT molecular complexity index is 230. The maximum absolute atomic E-state index is 9.60. The van der Waals surface area contributed by atoms with Crippen LogP contribution >= 0.6 is 0 Å². The van der Waals surface area contributed by atoms with Gasteiger partial charge in [-0.2, -0.15) is 0 Å². The molecule has 0 fully saturated rings. The fourth-order valence-electron chi connectivity index (χ4n) is 1.000. The number of aryl methyl sites for hydroxylation is 1. The smallest absolute Gasteiger partial charge is 0.182 e. The summed E-state index contributed by atoms with van der Waals surface area (Å²) in [5, 5.41) is 0. The summed E-state index contributed by atoms with van der Waals surface area (Å²) in [6.45, 7) is 3.93. The van der Waals surface area contributed by atoms with Gasteiger partial charge in [-0.25, -0.2) is 0 Å². The summed E-state index contributed by atoms with van der Waals surface area (Å²) >= 11 is 0. The third-order valence-corrected chi connectivity index (χ3v) is 3.25. The molecule has 0 aliphatic rings. The summed E-state index contributed by atoms with van der Waals surface area (Å²) < 4.78 is 0. The summed E-state index contributed by atoms with van der Waals surface area (Å²) in [7, 11) is -1.86. The molecule has 66 valence electrons. The quantitative estimate of drug-likeness (QED) is 0.722. The molecule has 0 saturated heterocycles. The minimum Gasteiger partial charge on any atom is -0.432 e. The highest BCUT2D eigenvalue weighted by atomic mass is 28.4. The molecule has 0 aromatic carbocycles. The van der Waals surface area contributed by atoms with E-state index in [9.17, 15) is 4.80 Å². The summed E-state index contributed by atoms with van der Waals surface area (Å²) in [6.07, 6.45) is 4.56. The van der Waals surface area contributed by atoms with E-state index in [0.717, 1.165) is 12.5 Å². The SMILES string of the molecule is C[Si](C)(O)CCc1ccncc1. The minimum absolute atomic E-state index is 0.928. The second-order valence-corrected chi connectivity index (χ2v) is 7.79. The lowest BCUT2D eigenvalue weighted by atomic mass is 10.2. The molecule has 0 unspecified atom stereocenters. The molecule has 0 amide bonds. The van der Waals surface area contributed by atoms with Crippen LogP contribution in [0.3, 0.4) is 0 Å². The van der Waals surface area contributed by atoms with Crippen molar-refractivity contribution < 1.29 is 4.80 Å². The highest BCUT2D eigenvalue weighted by molar-refractivity contribution is 6.69. The van der Waals surface area contributed by atoms with E-state index in [1.54, 1.807) is 12.4 Å². The normalized spacial score (nSPS) is 11.6. The van der Waals surface area contributed by atoms with Crippen LogP contribution in [0.1, 0.15) is 5.56 Å². The Morgan fingerprint density at radius 1 is 1.33 bits per heavy atom. The van der Waals surface area contributed by atoms with E-state index < -0.39 is 8.32 Å². The van der Waals surface area contributed by atoms with Gasteiger partial charge < -0.3 is 4.80 Å². The summed E-state index contributed by atoms with van der Waals surface area (Å²) in [4.78, 5) is 13.5. The van der Waals surface area contributed by atoms with Crippen molar-refractivity contribution in [2.24, 2.45) is 0 Å². The number of hydrogen-bond donors (Lipinski definition) is 1. The van der Waals surface area contributed by atoms with Gasteiger partial charge in [-0.1, -0.05) is 0 Å². The molecule has 1 aromatic heterocycles. The molecular formula is C9H15NOSi. The number of rotatable bonds is 3. The first kappa shape index (κ1) is 9.42. The molecule has 12 heavy (non-hydrogen) atoms. The number of nitrogens with zero attached hydrogens (tertiary/aromatic N) is 1. The minimum atomic E-state index is -1.86. The van der Waals surface area contributed by atoms with E-state index in [1.165, 1.54) is 5.56 Å². The van der Waals surface area contributed by atoms with Crippen LogP contribution < -0.4 is 0 Å². The fourth-order valence-corrected chi connectivity index (χ4v) is 1.90. The Kier molecular flexibility index (Phi) is 3.00. The third-order valence-electron chi connectivity index (χ3n) is 1.77. The molecule has 1 N–H and O–H groups in total. The van der Waals surface area contributed by atoms with Crippen LogP contribution in [0.4, 0.5) is 0 Å². The maximum atomic E-state index is 9.60. The molecule has 1 rings (SSSR count). The summed E-state index contributed by atoms with van der Waals surface area (Å²) in [5.74, 6) is 0.